The monoisotopic (exact) mass is 512 g/mol. The third-order valence-electron chi connectivity index (χ3n) is 8.60. The van der Waals surface area contributed by atoms with Crippen LogP contribution in [0.1, 0.15) is 25.0 Å². The Labute approximate surface area is 234 Å². The molecule has 0 spiro atoms. The first kappa shape index (κ1) is 23.0. The van der Waals surface area contributed by atoms with E-state index in [9.17, 15) is 0 Å². The maximum atomic E-state index is 5.30. The Morgan fingerprint density at radius 2 is 1.23 bits per heavy atom. The maximum absolute atomic E-state index is 5.30. The van der Waals surface area contributed by atoms with Gasteiger partial charge in [-0.15, -0.1) is 0 Å². The molecular formula is C38H28N2. The molecule has 0 radical (unpaired) electrons. The van der Waals surface area contributed by atoms with Crippen LogP contribution in [0, 0.1) is 0 Å². The lowest BCUT2D eigenvalue weighted by Crippen LogP contribution is -2.14. The van der Waals surface area contributed by atoms with E-state index < -0.39 is 0 Å². The van der Waals surface area contributed by atoms with Crippen LogP contribution in [0.5, 0.6) is 0 Å². The number of para-hydroxylation sites is 1. The zero-order valence-electron chi connectivity index (χ0n) is 22.6. The minimum Gasteiger partial charge on any atom is -0.294 e. The van der Waals surface area contributed by atoms with Crippen LogP contribution in [0.3, 0.4) is 0 Å². The van der Waals surface area contributed by atoms with Crippen molar-refractivity contribution in [1.82, 2.24) is 9.55 Å². The van der Waals surface area contributed by atoms with E-state index in [0.29, 0.717) is 0 Å². The Morgan fingerprint density at radius 3 is 2.02 bits per heavy atom. The molecule has 8 rings (SSSR count). The lowest BCUT2D eigenvalue weighted by atomic mass is 9.82. The van der Waals surface area contributed by atoms with E-state index in [0.717, 1.165) is 22.6 Å². The van der Waals surface area contributed by atoms with Gasteiger partial charge in [0.25, 0.3) is 0 Å². The Hall–Kier alpha value is -4.95. The molecule has 0 atom stereocenters. The lowest BCUT2D eigenvalue weighted by Gasteiger charge is -2.21. The molecule has 2 heteroatoms. The third kappa shape index (κ3) is 3.26. The average molecular weight is 513 g/mol. The number of nitrogens with zero attached hydrogens (tertiary/aromatic N) is 2. The van der Waals surface area contributed by atoms with Gasteiger partial charge in [-0.05, 0) is 57.6 Å². The van der Waals surface area contributed by atoms with Gasteiger partial charge in [-0.2, -0.15) is 0 Å². The molecule has 0 saturated heterocycles. The van der Waals surface area contributed by atoms with Crippen LogP contribution in [0.2, 0.25) is 0 Å². The first-order valence-corrected chi connectivity index (χ1v) is 13.9. The van der Waals surface area contributed by atoms with Crippen molar-refractivity contribution in [3.8, 4) is 39.3 Å². The highest BCUT2D eigenvalue weighted by Crippen LogP contribution is 2.53. The van der Waals surface area contributed by atoms with Crippen LogP contribution in [0.4, 0.5) is 0 Å². The van der Waals surface area contributed by atoms with Crippen molar-refractivity contribution in [1.29, 1.82) is 0 Å². The highest BCUT2D eigenvalue weighted by molar-refractivity contribution is 6.17. The molecule has 190 valence electrons. The van der Waals surface area contributed by atoms with E-state index in [1.165, 1.54) is 49.6 Å². The van der Waals surface area contributed by atoms with E-state index in [1.54, 1.807) is 0 Å². The summed E-state index contributed by atoms with van der Waals surface area (Å²) in [6.07, 6.45) is 0. The second kappa shape index (κ2) is 8.53. The van der Waals surface area contributed by atoms with Crippen molar-refractivity contribution in [2.75, 3.05) is 0 Å². The van der Waals surface area contributed by atoms with Crippen molar-refractivity contribution < 1.29 is 0 Å². The predicted molar refractivity (Wildman–Crippen MR) is 167 cm³/mol. The van der Waals surface area contributed by atoms with Crippen molar-refractivity contribution in [2.45, 2.75) is 19.3 Å². The quantitative estimate of drug-likeness (QED) is 0.230. The Kier molecular flexibility index (Phi) is 4.90. The molecule has 0 unspecified atom stereocenters. The molecule has 2 aromatic heterocycles. The van der Waals surface area contributed by atoms with Gasteiger partial charge in [0.05, 0.1) is 16.7 Å². The Bertz CT molecular complexity index is 2010. The maximum Gasteiger partial charge on any atom is 0.138 e. The van der Waals surface area contributed by atoms with Crippen molar-refractivity contribution in [3.63, 3.8) is 0 Å². The predicted octanol–water partition coefficient (Wildman–Crippen LogP) is 9.82. The highest BCUT2D eigenvalue weighted by atomic mass is 15.1. The summed E-state index contributed by atoms with van der Waals surface area (Å²) >= 11 is 0. The molecule has 0 fully saturated rings. The van der Waals surface area contributed by atoms with Crippen LogP contribution in [-0.2, 0) is 5.41 Å². The first-order valence-electron chi connectivity index (χ1n) is 13.9. The second-order valence-corrected chi connectivity index (χ2v) is 11.2. The van der Waals surface area contributed by atoms with E-state index in [2.05, 4.69) is 152 Å². The van der Waals surface area contributed by atoms with Crippen molar-refractivity contribution in [3.05, 3.63) is 145 Å². The molecule has 2 heterocycles. The Balaban J connectivity index is 1.48. The van der Waals surface area contributed by atoms with Gasteiger partial charge in [-0.1, -0.05) is 123 Å². The van der Waals surface area contributed by atoms with Crippen LogP contribution in [-0.4, -0.2) is 9.55 Å². The second-order valence-electron chi connectivity index (χ2n) is 11.2. The van der Waals surface area contributed by atoms with Crippen LogP contribution < -0.4 is 0 Å². The topological polar surface area (TPSA) is 17.8 Å². The molecule has 0 N–H and O–H groups in total. The molecule has 0 saturated carbocycles. The van der Waals surface area contributed by atoms with E-state index >= 15 is 0 Å². The van der Waals surface area contributed by atoms with Gasteiger partial charge >= 0.3 is 0 Å². The zero-order valence-corrected chi connectivity index (χ0v) is 22.6. The van der Waals surface area contributed by atoms with Crippen LogP contribution in [0.25, 0.3) is 61.1 Å². The summed E-state index contributed by atoms with van der Waals surface area (Å²) in [5.41, 5.74) is 12.2. The summed E-state index contributed by atoms with van der Waals surface area (Å²) in [6.45, 7) is 4.69. The zero-order chi connectivity index (χ0) is 26.8. The minimum atomic E-state index is -0.0464. The number of pyridine rings is 1. The summed E-state index contributed by atoms with van der Waals surface area (Å²) in [6, 6.07) is 47.9. The van der Waals surface area contributed by atoms with Crippen molar-refractivity contribution in [2.24, 2.45) is 0 Å². The number of benzene rings is 5. The van der Waals surface area contributed by atoms with Gasteiger partial charge in [0.2, 0.25) is 0 Å². The summed E-state index contributed by atoms with van der Waals surface area (Å²) in [7, 11) is 0. The largest absolute Gasteiger partial charge is 0.294 e. The fourth-order valence-electron chi connectivity index (χ4n) is 6.68. The molecule has 1 aliphatic carbocycles. The number of rotatable bonds is 3. The molecule has 7 aromatic rings. The van der Waals surface area contributed by atoms with Crippen LogP contribution in [0.15, 0.2) is 133 Å². The normalized spacial score (nSPS) is 13.4. The summed E-state index contributed by atoms with van der Waals surface area (Å²) in [5, 5.41) is 2.56. The smallest absolute Gasteiger partial charge is 0.138 e. The van der Waals surface area contributed by atoms with Gasteiger partial charge in [0, 0.05) is 21.8 Å². The van der Waals surface area contributed by atoms with E-state index in [4.69, 9.17) is 4.98 Å². The molecule has 0 aliphatic heterocycles. The number of hydrogen-bond acceptors (Lipinski definition) is 1. The molecule has 5 aromatic carbocycles. The van der Waals surface area contributed by atoms with Gasteiger partial charge in [0.15, 0.2) is 0 Å². The fraction of sp³-hybridized carbons (Fsp3) is 0.0789. The van der Waals surface area contributed by atoms with Crippen LogP contribution >= 0.6 is 0 Å². The summed E-state index contributed by atoms with van der Waals surface area (Å²) in [4.78, 5) is 5.30. The van der Waals surface area contributed by atoms with Gasteiger partial charge < -0.3 is 0 Å². The molecule has 1 aliphatic rings. The molecule has 0 amide bonds. The molecule has 0 bridgehead atoms. The molecular weight excluding hydrogens is 484 g/mol. The first-order chi connectivity index (χ1) is 19.6. The number of fused-ring (bicyclic) bond motifs is 7. The SMILES string of the molecule is CC1(C)c2ccccc2-c2c1ccc1c2c2ccccc2n1-c1cc(-c2ccccc2)cc(-c2ccccc2)n1. The molecule has 2 nitrogen and oxygen atoms in total. The standard InChI is InChI=1S/C38H28N2/c1-38(2)30-19-11-9-17-28(30)36-31(38)21-22-34-37(36)29-18-10-12-20-33(29)40(34)35-24-27(25-13-5-3-6-14-25)23-32(39-35)26-15-7-4-8-16-26/h3-24H,1-2H3. The van der Waals surface area contributed by atoms with E-state index in [1.807, 2.05) is 0 Å². The molecule has 40 heavy (non-hydrogen) atoms. The summed E-state index contributed by atoms with van der Waals surface area (Å²) in [5.74, 6) is 0.928. The van der Waals surface area contributed by atoms with Gasteiger partial charge in [-0.25, -0.2) is 4.98 Å². The number of hydrogen-bond donors (Lipinski definition) is 0. The fourth-order valence-corrected chi connectivity index (χ4v) is 6.68. The van der Waals surface area contributed by atoms with E-state index in [-0.39, 0.29) is 5.41 Å². The van der Waals surface area contributed by atoms with Crippen molar-refractivity contribution >= 4 is 21.8 Å². The Morgan fingerprint density at radius 1 is 0.550 bits per heavy atom. The van der Waals surface area contributed by atoms with Gasteiger partial charge in [0.1, 0.15) is 5.82 Å². The van der Waals surface area contributed by atoms with Gasteiger partial charge in [-0.3, -0.25) is 4.57 Å². The third-order valence-corrected chi connectivity index (χ3v) is 8.60. The number of aromatic nitrogens is 2. The summed E-state index contributed by atoms with van der Waals surface area (Å²) < 4.78 is 2.36. The highest BCUT2D eigenvalue weighted by Gasteiger charge is 2.37. The lowest BCUT2D eigenvalue weighted by molar-refractivity contribution is 0.661. The average Bonchev–Trinajstić information content (AvgIpc) is 3.47. The minimum absolute atomic E-state index is 0.0464.